The van der Waals surface area contributed by atoms with E-state index in [1.165, 1.54) is 73.7 Å². The lowest BCUT2D eigenvalue weighted by Crippen LogP contribution is -1.95. The second-order valence-corrected chi connectivity index (χ2v) is 12.9. The molecule has 0 aromatic carbocycles. The molecule has 0 aliphatic heterocycles. The van der Waals surface area contributed by atoms with Gasteiger partial charge in [-0.1, -0.05) is 187 Å². The molecule has 0 saturated heterocycles. The number of hydrogen-bond acceptors (Lipinski definition) is 0. The first kappa shape index (κ1) is 37.7. The molecule has 0 fully saturated rings. The van der Waals surface area contributed by atoms with E-state index < -0.39 is 0 Å². The molecular weight excluding hydrogens is 480 g/mol. The van der Waals surface area contributed by atoms with Crippen molar-refractivity contribution >= 4 is 0 Å². The Morgan fingerprint density at radius 2 is 0.750 bits per heavy atom. The van der Waals surface area contributed by atoms with Gasteiger partial charge in [0.15, 0.2) is 0 Å². The number of hydrogen-bond donors (Lipinski definition) is 0. The van der Waals surface area contributed by atoms with Crippen molar-refractivity contribution in [3.05, 3.63) is 107 Å². The molecule has 0 heteroatoms. The summed E-state index contributed by atoms with van der Waals surface area (Å²) in [6.45, 7) is 22.6. The third-order valence-corrected chi connectivity index (χ3v) is 7.06. The van der Waals surface area contributed by atoms with Crippen LogP contribution in [0.5, 0.6) is 0 Å². The van der Waals surface area contributed by atoms with E-state index >= 15 is 0 Å². The molecular formula is C40H64. The van der Waals surface area contributed by atoms with Gasteiger partial charge in [0.2, 0.25) is 0 Å². The lowest BCUT2D eigenvalue weighted by molar-refractivity contribution is 0.460. The number of allylic oxidation sites excluding steroid dienone is 18. The van der Waals surface area contributed by atoms with Gasteiger partial charge in [-0.25, -0.2) is 0 Å². The molecule has 0 aromatic rings. The molecule has 0 N–H and O–H groups in total. The topological polar surface area (TPSA) is 0 Å². The fourth-order valence-electron chi connectivity index (χ4n) is 4.30. The Hall–Kier alpha value is -2.34. The van der Waals surface area contributed by atoms with Crippen LogP contribution < -0.4 is 0 Å². The van der Waals surface area contributed by atoms with Crippen molar-refractivity contribution in [3.8, 4) is 0 Å². The summed E-state index contributed by atoms with van der Waals surface area (Å²) in [7, 11) is 0. The fraction of sp³-hybridized carbons (Fsp3) is 0.550. The first-order chi connectivity index (χ1) is 19.0. The molecule has 2 unspecified atom stereocenters. The van der Waals surface area contributed by atoms with Gasteiger partial charge in [-0.2, -0.15) is 0 Å². The summed E-state index contributed by atoms with van der Waals surface area (Å²) in [5, 5.41) is 0. The van der Waals surface area contributed by atoms with Gasteiger partial charge in [0.1, 0.15) is 0 Å². The molecule has 40 heavy (non-hydrogen) atoms. The Bertz CT molecular complexity index is 841. The van der Waals surface area contributed by atoms with Crippen LogP contribution in [0, 0.1) is 23.7 Å². The molecule has 0 nitrogen and oxygen atoms in total. The molecule has 2 atom stereocenters. The minimum atomic E-state index is 0.772. The summed E-state index contributed by atoms with van der Waals surface area (Å²) in [6.07, 6.45) is 41.1. The minimum absolute atomic E-state index is 0.772. The molecule has 0 spiro atoms. The molecule has 0 aliphatic carbocycles. The Labute approximate surface area is 251 Å². The molecule has 0 bridgehead atoms. The lowest BCUT2D eigenvalue weighted by Gasteiger charge is -2.09. The summed E-state index contributed by atoms with van der Waals surface area (Å²) in [6, 6.07) is 0. The maximum atomic E-state index is 2.37. The van der Waals surface area contributed by atoms with E-state index in [9.17, 15) is 0 Å². The van der Waals surface area contributed by atoms with E-state index in [1.54, 1.807) is 0 Å². The van der Waals surface area contributed by atoms with Crippen LogP contribution >= 0.6 is 0 Å². The molecule has 0 radical (unpaired) electrons. The van der Waals surface area contributed by atoms with Crippen LogP contribution in [0.3, 0.4) is 0 Å². The van der Waals surface area contributed by atoms with Crippen molar-refractivity contribution in [2.75, 3.05) is 0 Å². The first-order valence-electron chi connectivity index (χ1n) is 16.0. The zero-order valence-corrected chi connectivity index (χ0v) is 28.0. The van der Waals surface area contributed by atoms with E-state index in [0.717, 1.165) is 23.7 Å². The van der Waals surface area contributed by atoms with E-state index in [4.69, 9.17) is 0 Å². The molecule has 0 rings (SSSR count). The lowest BCUT2D eigenvalue weighted by atomic mass is 9.97. The highest BCUT2D eigenvalue weighted by Gasteiger charge is 2.02. The Morgan fingerprint density at radius 1 is 0.425 bits per heavy atom. The highest BCUT2D eigenvalue weighted by molar-refractivity contribution is 5.31. The van der Waals surface area contributed by atoms with E-state index in [2.05, 4.69) is 154 Å². The standard InChI is InChI=1S/C40H64/c1-33(2)19-13-23-37(7)27-17-31-39(9)29-15-25-35(5)21-11-12-22-36(6)26-16-30-40(10)32-18-28-38(8)24-14-20-34(3)4/h11-12,15-18,21-22,25-26,29-34,37-38H,13-14,19-20,23-24,27-28H2,1-10H3. The van der Waals surface area contributed by atoms with Crippen molar-refractivity contribution in [2.45, 2.75) is 121 Å². The van der Waals surface area contributed by atoms with Crippen molar-refractivity contribution < 1.29 is 0 Å². The van der Waals surface area contributed by atoms with Gasteiger partial charge in [0.25, 0.3) is 0 Å². The second-order valence-electron chi connectivity index (χ2n) is 12.9. The van der Waals surface area contributed by atoms with Crippen LogP contribution in [0.2, 0.25) is 0 Å². The summed E-state index contributed by atoms with van der Waals surface area (Å²) in [5.74, 6) is 3.19. The average Bonchev–Trinajstić information content (AvgIpc) is 2.86. The maximum Gasteiger partial charge on any atom is -0.0322 e. The van der Waals surface area contributed by atoms with Gasteiger partial charge in [-0.05, 0) is 64.2 Å². The average molecular weight is 545 g/mol. The largest absolute Gasteiger partial charge is 0.0840 e. The zero-order chi connectivity index (χ0) is 30.2. The molecule has 224 valence electrons. The fourth-order valence-corrected chi connectivity index (χ4v) is 4.30. The van der Waals surface area contributed by atoms with Gasteiger partial charge in [-0.15, -0.1) is 0 Å². The SMILES string of the molecule is CC(C=CC=C(C)C=CCC(C)CCCC(C)C)=CC=CC=C(C)C=CC=C(C)C=CCC(C)CCCC(C)C. The quantitative estimate of drug-likeness (QED) is 0.134. The predicted molar refractivity (Wildman–Crippen MR) is 186 cm³/mol. The Kier molecular flexibility index (Phi) is 23.0. The Morgan fingerprint density at radius 3 is 1.10 bits per heavy atom. The van der Waals surface area contributed by atoms with Crippen molar-refractivity contribution in [3.63, 3.8) is 0 Å². The smallest absolute Gasteiger partial charge is 0.0322 e. The Balaban J connectivity index is 4.49. The summed E-state index contributed by atoms with van der Waals surface area (Å²) >= 11 is 0. The van der Waals surface area contributed by atoms with Crippen LogP contribution in [0.25, 0.3) is 0 Å². The monoisotopic (exact) mass is 545 g/mol. The van der Waals surface area contributed by atoms with Gasteiger partial charge in [-0.3, -0.25) is 0 Å². The summed E-state index contributed by atoms with van der Waals surface area (Å²) in [5.41, 5.74) is 5.07. The minimum Gasteiger partial charge on any atom is -0.0840 e. The predicted octanol–water partition coefficient (Wildman–Crippen LogP) is 13.3. The van der Waals surface area contributed by atoms with Crippen LogP contribution in [0.15, 0.2) is 107 Å². The van der Waals surface area contributed by atoms with Crippen LogP contribution in [-0.2, 0) is 0 Å². The maximum absolute atomic E-state index is 2.37. The van der Waals surface area contributed by atoms with E-state index in [-0.39, 0.29) is 0 Å². The van der Waals surface area contributed by atoms with Gasteiger partial charge in [0, 0.05) is 0 Å². The molecule has 0 aromatic heterocycles. The molecule has 0 heterocycles. The summed E-state index contributed by atoms with van der Waals surface area (Å²) < 4.78 is 0. The highest BCUT2D eigenvalue weighted by Crippen LogP contribution is 2.17. The van der Waals surface area contributed by atoms with Crippen molar-refractivity contribution in [2.24, 2.45) is 23.7 Å². The highest BCUT2D eigenvalue weighted by atomic mass is 14.1. The van der Waals surface area contributed by atoms with Crippen molar-refractivity contribution in [1.82, 2.24) is 0 Å². The number of rotatable bonds is 20. The normalized spacial score (nSPS) is 16.4. The first-order valence-corrected chi connectivity index (χ1v) is 16.0. The van der Waals surface area contributed by atoms with Gasteiger partial charge >= 0.3 is 0 Å². The van der Waals surface area contributed by atoms with E-state index in [1.807, 2.05) is 0 Å². The van der Waals surface area contributed by atoms with Crippen LogP contribution in [0.4, 0.5) is 0 Å². The van der Waals surface area contributed by atoms with Crippen molar-refractivity contribution in [1.29, 1.82) is 0 Å². The van der Waals surface area contributed by atoms with E-state index in [0.29, 0.717) is 0 Å². The third kappa shape index (κ3) is 25.9. The molecule has 0 saturated carbocycles. The zero-order valence-electron chi connectivity index (χ0n) is 28.0. The molecule has 0 aliphatic rings. The summed E-state index contributed by atoms with van der Waals surface area (Å²) in [4.78, 5) is 0. The van der Waals surface area contributed by atoms with Crippen LogP contribution in [0.1, 0.15) is 121 Å². The van der Waals surface area contributed by atoms with Gasteiger partial charge in [0.05, 0.1) is 0 Å². The van der Waals surface area contributed by atoms with Crippen LogP contribution in [-0.4, -0.2) is 0 Å². The second kappa shape index (κ2) is 24.5. The third-order valence-electron chi connectivity index (χ3n) is 7.06. The molecule has 0 amide bonds. The van der Waals surface area contributed by atoms with Gasteiger partial charge < -0.3 is 0 Å².